The van der Waals surface area contributed by atoms with E-state index in [-0.39, 0.29) is 5.38 Å². The standard InChI is InChI=1S/C17H17ClOS/c1-10-7-13-8-12(5-6-14(13)19-10)17(18)16-9-11-3-2-4-15(11)20-16/h5-6,8-10,17H,2-4,7H2,1H3. The van der Waals surface area contributed by atoms with E-state index in [0.29, 0.717) is 6.10 Å². The first-order valence-corrected chi connectivity index (χ1v) is 8.51. The lowest BCUT2D eigenvalue weighted by molar-refractivity contribution is 0.254. The van der Waals surface area contributed by atoms with Crippen molar-refractivity contribution < 1.29 is 4.74 Å². The maximum atomic E-state index is 6.71. The van der Waals surface area contributed by atoms with Gasteiger partial charge in [0, 0.05) is 16.2 Å². The molecule has 0 saturated heterocycles. The van der Waals surface area contributed by atoms with Crippen LogP contribution in [0.15, 0.2) is 24.3 Å². The van der Waals surface area contributed by atoms with Crippen molar-refractivity contribution in [3.63, 3.8) is 0 Å². The van der Waals surface area contributed by atoms with E-state index in [4.69, 9.17) is 16.3 Å². The number of hydrogen-bond donors (Lipinski definition) is 0. The predicted octanol–water partition coefficient (Wildman–Crippen LogP) is 4.89. The largest absolute Gasteiger partial charge is 0.490 e. The molecule has 1 aromatic carbocycles. The third-order valence-corrected chi connectivity index (χ3v) is 6.15. The van der Waals surface area contributed by atoms with Gasteiger partial charge in [-0.15, -0.1) is 22.9 Å². The molecular formula is C17H17ClOS. The maximum Gasteiger partial charge on any atom is 0.123 e. The van der Waals surface area contributed by atoms with Crippen LogP contribution in [-0.2, 0) is 19.3 Å². The van der Waals surface area contributed by atoms with Gasteiger partial charge < -0.3 is 4.74 Å². The van der Waals surface area contributed by atoms with Crippen molar-refractivity contribution in [2.75, 3.05) is 0 Å². The molecule has 2 atom stereocenters. The van der Waals surface area contributed by atoms with Gasteiger partial charge in [0.25, 0.3) is 0 Å². The van der Waals surface area contributed by atoms with Gasteiger partial charge in [-0.05, 0) is 55.0 Å². The number of halogens is 1. The summed E-state index contributed by atoms with van der Waals surface area (Å²) in [7, 11) is 0. The molecule has 4 rings (SSSR count). The van der Waals surface area contributed by atoms with Crippen LogP contribution in [0, 0.1) is 0 Å². The Labute approximate surface area is 128 Å². The van der Waals surface area contributed by atoms with E-state index in [2.05, 4.69) is 31.2 Å². The molecule has 0 bridgehead atoms. The van der Waals surface area contributed by atoms with Gasteiger partial charge >= 0.3 is 0 Å². The highest BCUT2D eigenvalue weighted by atomic mass is 35.5. The van der Waals surface area contributed by atoms with Crippen molar-refractivity contribution in [3.8, 4) is 5.75 Å². The minimum Gasteiger partial charge on any atom is -0.490 e. The highest BCUT2D eigenvalue weighted by Gasteiger charge is 2.23. The third kappa shape index (κ3) is 2.06. The summed E-state index contributed by atoms with van der Waals surface area (Å²) in [6.07, 6.45) is 5.06. The van der Waals surface area contributed by atoms with Crippen molar-refractivity contribution in [1.82, 2.24) is 0 Å². The maximum absolute atomic E-state index is 6.71. The van der Waals surface area contributed by atoms with Gasteiger partial charge in [-0.1, -0.05) is 12.1 Å². The first-order chi connectivity index (χ1) is 9.70. The van der Waals surface area contributed by atoms with Crippen LogP contribution >= 0.6 is 22.9 Å². The van der Waals surface area contributed by atoms with E-state index in [1.807, 2.05) is 11.3 Å². The molecule has 0 radical (unpaired) electrons. The topological polar surface area (TPSA) is 9.23 Å². The van der Waals surface area contributed by atoms with Crippen molar-refractivity contribution in [2.45, 2.75) is 44.1 Å². The summed E-state index contributed by atoms with van der Waals surface area (Å²) in [4.78, 5) is 2.84. The van der Waals surface area contributed by atoms with Crippen LogP contribution in [0.1, 0.15) is 45.2 Å². The van der Waals surface area contributed by atoms with Gasteiger partial charge in [-0.3, -0.25) is 0 Å². The first-order valence-electron chi connectivity index (χ1n) is 7.26. The molecular weight excluding hydrogens is 288 g/mol. The smallest absolute Gasteiger partial charge is 0.123 e. The molecule has 1 aliphatic carbocycles. The zero-order chi connectivity index (χ0) is 13.7. The number of aryl methyl sites for hydroxylation is 2. The SMILES string of the molecule is CC1Cc2cc(C(Cl)c3cc4c(s3)CCC4)ccc2O1. The Bertz CT molecular complexity index is 640. The zero-order valence-electron chi connectivity index (χ0n) is 11.5. The number of alkyl halides is 1. The minimum atomic E-state index is -0.0215. The number of rotatable bonds is 2. The average molecular weight is 305 g/mol. The van der Waals surface area contributed by atoms with E-state index >= 15 is 0 Å². The van der Waals surface area contributed by atoms with Crippen molar-refractivity contribution in [3.05, 3.63) is 50.7 Å². The Morgan fingerprint density at radius 2 is 2.15 bits per heavy atom. The van der Waals surface area contributed by atoms with Crippen molar-refractivity contribution >= 4 is 22.9 Å². The molecule has 1 aliphatic heterocycles. The molecule has 2 aliphatic rings. The van der Waals surface area contributed by atoms with Gasteiger partial charge in [-0.2, -0.15) is 0 Å². The van der Waals surface area contributed by atoms with E-state index in [1.165, 1.54) is 40.8 Å². The molecule has 3 heteroatoms. The fourth-order valence-electron chi connectivity index (χ4n) is 3.24. The summed E-state index contributed by atoms with van der Waals surface area (Å²) in [5.74, 6) is 1.03. The van der Waals surface area contributed by atoms with Crippen LogP contribution in [0.2, 0.25) is 0 Å². The average Bonchev–Trinajstić information content (AvgIpc) is 3.08. The molecule has 2 unspecified atom stereocenters. The number of fused-ring (bicyclic) bond motifs is 2. The zero-order valence-corrected chi connectivity index (χ0v) is 13.1. The summed E-state index contributed by atoms with van der Waals surface area (Å²) in [6, 6.07) is 8.72. The van der Waals surface area contributed by atoms with E-state index in [9.17, 15) is 0 Å². The molecule has 0 fully saturated rings. The monoisotopic (exact) mass is 304 g/mol. The molecule has 2 aromatic rings. The molecule has 0 spiro atoms. The first kappa shape index (κ1) is 12.7. The van der Waals surface area contributed by atoms with Crippen LogP contribution < -0.4 is 4.74 Å². The molecule has 20 heavy (non-hydrogen) atoms. The lowest BCUT2D eigenvalue weighted by atomic mass is 10.0. The minimum absolute atomic E-state index is 0.0215. The van der Waals surface area contributed by atoms with Gasteiger partial charge in [0.1, 0.15) is 11.9 Å². The summed E-state index contributed by atoms with van der Waals surface area (Å²) in [5.41, 5.74) is 4.02. The van der Waals surface area contributed by atoms with Gasteiger partial charge in [0.2, 0.25) is 0 Å². The van der Waals surface area contributed by atoms with Crippen LogP contribution in [-0.4, -0.2) is 6.10 Å². The Morgan fingerprint density at radius 1 is 1.25 bits per heavy atom. The normalized spacial score (nSPS) is 21.4. The summed E-state index contributed by atoms with van der Waals surface area (Å²) in [6.45, 7) is 2.11. The molecule has 0 saturated carbocycles. The number of hydrogen-bond acceptors (Lipinski definition) is 2. The fourth-order valence-corrected chi connectivity index (χ4v) is 4.84. The van der Waals surface area contributed by atoms with Gasteiger partial charge in [0.15, 0.2) is 0 Å². The second-order valence-corrected chi connectivity index (χ2v) is 7.42. The Balaban J connectivity index is 1.65. The highest BCUT2D eigenvalue weighted by Crippen LogP contribution is 2.40. The summed E-state index contributed by atoms with van der Waals surface area (Å²) >= 11 is 8.60. The van der Waals surface area contributed by atoms with Gasteiger partial charge in [0.05, 0.1) is 5.38 Å². The number of ether oxygens (including phenoxy) is 1. The summed E-state index contributed by atoms with van der Waals surface area (Å²) in [5, 5.41) is -0.0215. The lowest BCUT2D eigenvalue weighted by Gasteiger charge is -2.09. The predicted molar refractivity (Wildman–Crippen MR) is 84.3 cm³/mol. The van der Waals surface area contributed by atoms with Crippen molar-refractivity contribution in [2.24, 2.45) is 0 Å². The summed E-state index contributed by atoms with van der Waals surface area (Å²) < 4.78 is 5.76. The molecule has 104 valence electrons. The Kier molecular flexibility index (Phi) is 3.04. The fraction of sp³-hybridized carbons (Fsp3) is 0.412. The van der Waals surface area contributed by atoms with Crippen LogP contribution in [0.3, 0.4) is 0 Å². The van der Waals surface area contributed by atoms with Gasteiger partial charge in [-0.25, -0.2) is 0 Å². The lowest BCUT2D eigenvalue weighted by Crippen LogP contribution is -2.05. The Hall–Kier alpha value is -0.990. The molecule has 0 amide bonds. The molecule has 2 heterocycles. The second kappa shape index (κ2) is 4.78. The highest BCUT2D eigenvalue weighted by molar-refractivity contribution is 7.12. The second-order valence-electron chi connectivity index (χ2n) is 5.81. The molecule has 1 aromatic heterocycles. The van der Waals surface area contributed by atoms with Crippen molar-refractivity contribution in [1.29, 1.82) is 0 Å². The Morgan fingerprint density at radius 3 is 3.00 bits per heavy atom. The van der Waals surface area contributed by atoms with E-state index in [1.54, 1.807) is 4.88 Å². The third-order valence-electron chi connectivity index (χ3n) is 4.23. The number of thiophene rings is 1. The van der Waals surface area contributed by atoms with E-state index in [0.717, 1.165) is 12.2 Å². The quantitative estimate of drug-likeness (QED) is 0.718. The van der Waals surface area contributed by atoms with Crippen LogP contribution in [0.5, 0.6) is 5.75 Å². The van der Waals surface area contributed by atoms with Crippen LogP contribution in [0.25, 0.3) is 0 Å². The molecule has 1 nitrogen and oxygen atoms in total. The van der Waals surface area contributed by atoms with E-state index < -0.39 is 0 Å². The van der Waals surface area contributed by atoms with Crippen LogP contribution in [0.4, 0.5) is 0 Å². The number of benzene rings is 1. The molecule has 0 N–H and O–H groups in total.